The number of carbonyl (C=O) groups is 1. The van der Waals surface area contributed by atoms with Gasteiger partial charge in [0.25, 0.3) is 5.91 Å². The number of hydrogen-bond donors (Lipinski definition) is 2. The van der Waals surface area contributed by atoms with E-state index in [1.165, 1.54) is 12.1 Å². The van der Waals surface area contributed by atoms with Crippen molar-refractivity contribution in [2.24, 2.45) is 5.41 Å². The molecule has 1 rings (SSSR count). The summed E-state index contributed by atoms with van der Waals surface area (Å²) >= 11 is 11.6. The average molecular weight is 313 g/mol. The summed E-state index contributed by atoms with van der Waals surface area (Å²) < 4.78 is 0. The molecule has 0 fully saturated rings. The molecule has 0 bridgehead atoms. The molecule has 0 saturated heterocycles. The van der Waals surface area contributed by atoms with Gasteiger partial charge in [0.1, 0.15) is 11.8 Å². The molecule has 0 heterocycles. The molecule has 20 heavy (non-hydrogen) atoms. The van der Waals surface area contributed by atoms with Crippen molar-refractivity contribution in [1.82, 2.24) is 0 Å². The number of rotatable bonds is 2. The van der Waals surface area contributed by atoms with Gasteiger partial charge >= 0.3 is 0 Å². The molecule has 6 heteroatoms. The Balaban J connectivity index is 3.06. The van der Waals surface area contributed by atoms with Crippen LogP contribution in [0.4, 0.5) is 5.69 Å². The van der Waals surface area contributed by atoms with Crippen LogP contribution in [0.3, 0.4) is 0 Å². The molecule has 1 amide bonds. The third-order valence-electron chi connectivity index (χ3n) is 2.46. The summed E-state index contributed by atoms with van der Waals surface area (Å²) in [6.07, 6.45) is 0. The molecule has 0 unspecified atom stereocenters. The standard InChI is InChI=1S/C14H14Cl2N2O2/c1-14(2,3)12(19)9(7-17)13(20)18-8-4-5-10(15)11(16)6-8/h4-6,19H,1-3H3,(H,18,20)/b12-9+. The summed E-state index contributed by atoms with van der Waals surface area (Å²) in [5.41, 5.74) is -0.637. The van der Waals surface area contributed by atoms with Crippen molar-refractivity contribution >= 4 is 34.8 Å². The summed E-state index contributed by atoms with van der Waals surface area (Å²) in [4.78, 5) is 12.0. The van der Waals surface area contributed by atoms with Gasteiger partial charge in [-0.1, -0.05) is 44.0 Å². The number of hydrogen-bond acceptors (Lipinski definition) is 3. The summed E-state index contributed by atoms with van der Waals surface area (Å²) in [6, 6.07) is 6.25. The van der Waals surface area contributed by atoms with Crippen molar-refractivity contribution in [2.75, 3.05) is 5.32 Å². The highest BCUT2D eigenvalue weighted by Crippen LogP contribution is 2.27. The molecule has 0 aliphatic rings. The maximum absolute atomic E-state index is 12.0. The number of amides is 1. The number of nitriles is 1. The highest BCUT2D eigenvalue weighted by molar-refractivity contribution is 6.42. The zero-order valence-electron chi connectivity index (χ0n) is 11.3. The lowest BCUT2D eigenvalue weighted by Gasteiger charge is -2.18. The van der Waals surface area contributed by atoms with Crippen LogP contribution in [0, 0.1) is 16.7 Å². The number of anilines is 1. The van der Waals surface area contributed by atoms with Crippen molar-refractivity contribution in [3.8, 4) is 6.07 Å². The van der Waals surface area contributed by atoms with Gasteiger partial charge in [-0.05, 0) is 18.2 Å². The molecule has 0 saturated carbocycles. The molecule has 1 aromatic rings. The number of allylic oxidation sites excluding steroid dienone is 1. The summed E-state index contributed by atoms with van der Waals surface area (Å²) in [6.45, 7) is 5.10. The number of nitrogens with zero attached hydrogens (tertiary/aromatic N) is 1. The molecule has 0 aliphatic heterocycles. The van der Waals surface area contributed by atoms with Crippen molar-refractivity contribution in [3.05, 3.63) is 39.6 Å². The Morgan fingerprint density at radius 2 is 1.90 bits per heavy atom. The number of halogens is 2. The Hall–Kier alpha value is -1.70. The highest BCUT2D eigenvalue weighted by atomic mass is 35.5. The maximum atomic E-state index is 12.0. The zero-order chi connectivity index (χ0) is 15.5. The second-order valence-corrected chi connectivity index (χ2v) is 5.98. The van der Waals surface area contributed by atoms with Crippen LogP contribution in [0.2, 0.25) is 10.0 Å². The quantitative estimate of drug-likeness (QED) is 0.485. The summed E-state index contributed by atoms with van der Waals surface area (Å²) in [7, 11) is 0. The van der Waals surface area contributed by atoms with Gasteiger partial charge < -0.3 is 10.4 Å². The smallest absolute Gasteiger partial charge is 0.269 e. The highest BCUT2D eigenvalue weighted by Gasteiger charge is 2.25. The van der Waals surface area contributed by atoms with E-state index >= 15 is 0 Å². The number of aliphatic hydroxyl groups is 1. The zero-order valence-corrected chi connectivity index (χ0v) is 12.8. The molecule has 1 aromatic carbocycles. The Kier molecular flexibility index (Phi) is 5.04. The number of carbonyl (C=O) groups excluding carboxylic acids is 1. The van der Waals surface area contributed by atoms with Crippen LogP contribution in [0.25, 0.3) is 0 Å². The van der Waals surface area contributed by atoms with Crippen LogP contribution in [-0.2, 0) is 4.79 Å². The van der Waals surface area contributed by atoms with Crippen molar-refractivity contribution in [2.45, 2.75) is 20.8 Å². The van der Waals surface area contributed by atoms with Gasteiger partial charge in [0, 0.05) is 11.1 Å². The van der Waals surface area contributed by atoms with Crippen LogP contribution in [-0.4, -0.2) is 11.0 Å². The van der Waals surface area contributed by atoms with Crippen molar-refractivity contribution in [3.63, 3.8) is 0 Å². The minimum absolute atomic E-state index is 0.266. The summed E-state index contributed by atoms with van der Waals surface area (Å²) in [5, 5.41) is 22.1. The third-order valence-corrected chi connectivity index (χ3v) is 3.20. The van der Waals surface area contributed by atoms with Gasteiger partial charge in [-0.2, -0.15) is 5.26 Å². The average Bonchev–Trinajstić information content (AvgIpc) is 2.33. The molecular formula is C14H14Cl2N2O2. The van der Waals surface area contributed by atoms with Gasteiger partial charge in [-0.25, -0.2) is 0 Å². The second-order valence-electron chi connectivity index (χ2n) is 5.17. The summed E-state index contributed by atoms with van der Waals surface area (Å²) in [5.74, 6) is -0.962. The molecule has 0 radical (unpaired) electrons. The third kappa shape index (κ3) is 3.89. The number of aliphatic hydroxyl groups excluding tert-OH is 1. The fraction of sp³-hybridized carbons (Fsp3) is 0.286. The van der Waals surface area contributed by atoms with Gasteiger partial charge in [0.15, 0.2) is 5.57 Å². The van der Waals surface area contributed by atoms with Crippen LogP contribution in [0.15, 0.2) is 29.5 Å². The van der Waals surface area contributed by atoms with Crippen LogP contribution in [0.1, 0.15) is 20.8 Å². The van der Waals surface area contributed by atoms with E-state index < -0.39 is 11.3 Å². The maximum Gasteiger partial charge on any atom is 0.269 e. The number of nitrogens with one attached hydrogen (secondary N) is 1. The van der Waals surface area contributed by atoms with E-state index in [2.05, 4.69) is 5.32 Å². The van der Waals surface area contributed by atoms with E-state index in [-0.39, 0.29) is 16.4 Å². The minimum atomic E-state index is -0.696. The van der Waals surface area contributed by atoms with Crippen LogP contribution >= 0.6 is 23.2 Å². The first-order chi connectivity index (χ1) is 9.16. The Morgan fingerprint density at radius 3 is 2.35 bits per heavy atom. The van der Waals surface area contributed by atoms with Gasteiger partial charge in [0.05, 0.1) is 10.0 Å². The lowest BCUT2D eigenvalue weighted by molar-refractivity contribution is -0.112. The molecule has 0 aliphatic carbocycles. The first-order valence-electron chi connectivity index (χ1n) is 5.77. The predicted molar refractivity (Wildman–Crippen MR) is 79.8 cm³/mol. The fourth-order valence-corrected chi connectivity index (χ4v) is 1.65. The number of benzene rings is 1. The van der Waals surface area contributed by atoms with Gasteiger partial charge in [-0.15, -0.1) is 0 Å². The molecule has 106 valence electrons. The first-order valence-corrected chi connectivity index (χ1v) is 6.52. The fourth-order valence-electron chi connectivity index (χ4n) is 1.35. The SMILES string of the molecule is CC(C)(C)/C(O)=C(/C#N)C(=O)Nc1ccc(Cl)c(Cl)c1. The van der Waals surface area contributed by atoms with E-state index in [0.29, 0.717) is 10.7 Å². The normalized spacial score (nSPS) is 12.4. The first kappa shape index (κ1) is 16.4. The van der Waals surface area contributed by atoms with Crippen LogP contribution < -0.4 is 5.32 Å². The van der Waals surface area contributed by atoms with E-state index in [0.717, 1.165) is 0 Å². The second kappa shape index (κ2) is 6.17. The van der Waals surface area contributed by atoms with Gasteiger partial charge in [-0.3, -0.25) is 4.79 Å². The molecule has 0 atom stereocenters. The molecular weight excluding hydrogens is 299 g/mol. The minimum Gasteiger partial charge on any atom is -0.510 e. The van der Waals surface area contributed by atoms with E-state index in [1.807, 2.05) is 0 Å². The van der Waals surface area contributed by atoms with E-state index in [9.17, 15) is 9.90 Å². The topological polar surface area (TPSA) is 73.1 Å². The molecule has 0 spiro atoms. The molecule has 0 aromatic heterocycles. The van der Waals surface area contributed by atoms with E-state index in [4.69, 9.17) is 28.5 Å². The lowest BCUT2D eigenvalue weighted by atomic mass is 9.90. The Bertz CT molecular complexity index is 611. The lowest BCUT2D eigenvalue weighted by Crippen LogP contribution is -2.20. The predicted octanol–water partition coefficient (Wildman–Crippen LogP) is 4.31. The van der Waals surface area contributed by atoms with Crippen molar-refractivity contribution < 1.29 is 9.90 Å². The van der Waals surface area contributed by atoms with E-state index in [1.54, 1.807) is 32.9 Å². The van der Waals surface area contributed by atoms with Crippen molar-refractivity contribution in [1.29, 1.82) is 5.26 Å². The Morgan fingerprint density at radius 1 is 1.30 bits per heavy atom. The monoisotopic (exact) mass is 312 g/mol. The largest absolute Gasteiger partial charge is 0.510 e. The van der Waals surface area contributed by atoms with Crippen LogP contribution in [0.5, 0.6) is 0 Å². The molecule has 2 N–H and O–H groups in total. The Labute approximate surface area is 127 Å². The molecule has 4 nitrogen and oxygen atoms in total. The van der Waals surface area contributed by atoms with Gasteiger partial charge in [0.2, 0.25) is 0 Å².